The minimum Gasteiger partial charge on any atom is -0.495 e. The zero-order valence-corrected chi connectivity index (χ0v) is 16.8. The zero-order chi connectivity index (χ0) is 19.9. The van der Waals surface area contributed by atoms with Crippen LogP contribution in [0.5, 0.6) is 5.75 Å². The number of nitrogens with one attached hydrogen (secondary N) is 1. The minimum absolute atomic E-state index is 0.160. The van der Waals surface area contributed by atoms with Crippen molar-refractivity contribution in [1.29, 1.82) is 0 Å². The van der Waals surface area contributed by atoms with Crippen LogP contribution >= 0.6 is 23.4 Å². The molecule has 0 aliphatic carbocycles. The Balaban J connectivity index is 1.73. The molecule has 0 unspecified atom stereocenters. The molecule has 8 heteroatoms. The van der Waals surface area contributed by atoms with Crippen LogP contribution in [0.2, 0.25) is 5.02 Å². The van der Waals surface area contributed by atoms with Crippen molar-refractivity contribution >= 4 is 35.0 Å². The number of thioether (sulfide) groups is 1. The van der Waals surface area contributed by atoms with Gasteiger partial charge in [-0.15, -0.1) is 16.8 Å². The number of anilines is 1. The summed E-state index contributed by atoms with van der Waals surface area (Å²) in [6.45, 7) is 4.31. The molecule has 1 N–H and O–H groups in total. The summed E-state index contributed by atoms with van der Waals surface area (Å²) in [5.41, 5.74) is 1.48. The zero-order valence-electron chi connectivity index (χ0n) is 15.3. The van der Waals surface area contributed by atoms with Gasteiger partial charge >= 0.3 is 0 Å². The normalized spacial score (nSPS) is 10.5. The number of hydrogen-bond acceptors (Lipinski definition) is 5. The molecular weight excluding hydrogens is 396 g/mol. The van der Waals surface area contributed by atoms with E-state index in [2.05, 4.69) is 22.1 Å². The van der Waals surface area contributed by atoms with E-state index in [1.807, 2.05) is 34.9 Å². The second kappa shape index (κ2) is 9.43. The third kappa shape index (κ3) is 4.74. The fourth-order valence-electron chi connectivity index (χ4n) is 2.59. The number of amides is 1. The smallest absolute Gasteiger partial charge is 0.234 e. The molecule has 1 heterocycles. The van der Waals surface area contributed by atoms with Gasteiger partial charge in [-0.05, 0) is 24.3 Å². The first kappa shape index (κ1) is 20.0. The van der Waals surface area contributed by atoms with E-state index in [4.69, 9.17) is 16.3 Å². The van der Waals surface area contributed by atoms with Crippen LogP contribution in [0.3, 0.4) is 0 Å². The van der Waals surface area contributed by atoms with Crippen LogP contribution in [0.25, 0.3) is 11.4 Å². The second-order valence-corrected chi connectivity index (χ2v) is 7.13. The van der Waals surface area contributed by atoms with Crippen molar-refractivity contribution in [2.45, 2.75) is 11.7 Å². The summed E-state index contributed by atoms with van der Waals surface area (Å²) in [4.78, 5) is 12.4. The Kier molecular flexibility index (Phi) is 6.73. The van der Waals surface area contributed by atoms with Crippen molar-refractivity contribution in [3.05, 3.63) is 66.2 Å². The summed E-state index contributed by atoms with van der Waals surface area (Å²) in [7, 11) is 1.56. The monoisotopic (exact) mass is 414 g/mol. The number of ether oxygens (including phenoxy) is 1. The maximum atomic E-state index is 12.4. The van der Waals surface area contributed by atoms with E-state index in [-0.39, 0.29) is 11.7 Å². The van der Waals surface area contributed by atoms with Gasteiger partial charge < -0.3 is 10.1 Å². The van der Waals surface area contributed by atoms with Crippen LogP contribution in [0.15, 0.2) is 66.3 Å². The quantitative estimate of drug-likeness (QED) is 0.433. The van der Waals surface area contributed by atoms with E-state index in [1.54, 1.807) is 31.4 Å². The third-order valence-electron chi connectivity index (χ3n) is 3.82. The number of carbonyl (C=O) groups excluding carboxylic acids is 1. The lowest BCUT2D eigenvalue weighted by atomic mass is 10.2. The fraction of sp³-hybridized carbons (Fsp3) is 0.150. The van der Waals surface area contributed by atoms with Crippen molar-refractivity contribution in [3.63, 3.8) is 0 Å². The average molecular weight is 415 g/mol. The number of hydrogen-bond donors (Lipinski definition) is 1. The Hall–Kier alpha value is -2.77. The predicted octanol–water partition coefficient (Wildman–Crippen LogP) is 4.52. The van der Waals surface area contributed by atoms with Crippen LogP contribution in [0.1, 0.15) is 0 Å². The summed E-state index contributed by atoms with van der Waals surface area (Å²) in [5.74, 6) is 1.31. The van der Waals surface area contributed by atoms with Crippen LogP contribution in [-0.2, 0) is 11.3 Å². The first-order chi connectivity index (χ1) is 13.6. The van der Waals surface area contributed by atoms with Gasteiger partial charge in [0.25, 0.3) is 0 Å². The van der Waals surface area contributed by atoms with Gasteiger partial charge in [0, 0.05) is 17.1 Å². The summed E-state index contributed by atoms with van der Waals surface area (Å²) >= 11 is 7.39. The molecule has 6 nitrogen and oxygen atoms in total. The van der Waals surface area contributed by atoms with Crippen LogP contribution in [-0.4, -0.2) is 33.5 Å². The first-order valence-corrected chi connectivity index (χ1v) is 9.84. The molecule has 28 heavy (non-hydrogen) atoms. The van der Waals surface area contributed by atoms with Gasteiger partial charge in [-0.2, -0.15) is 0 Å². The van der Waals surface area contributed by atoms with Crippen molar-refractivity contribution in [2.75, 3.05) is 18.2 Å². The minimum atomic E-state index is -0.160. The van der Waals surface area contributed by atoms with E-state index in [0.29, 0.717) is 34.0 Å². The average Bonchev–Trinajstić information content (AvgIpc) is 3.10. The highest BCUT2D eigenvalue weighted by Gasteiger charge is 2.16. The Bertz CT molecular complexity index is 990. The molecule has 0 aliphatic rings. The fourth-order valence-corrected chi connectivity index (χ4v) is 3.53. The van der Waals surface area contributed by atoms with Crippen LogP contribution < -0.4 is 10.1 Å². The number of benzene rings is 2. The Morgan fingerprint density at radius 3 is 2.86 bits per heavy atom. The molecule has 0 radical (unpaired) electrons. The molecule has 0 saturated carbocycles. The first-order valence-electron chi connectivity index (χ1n) is 8.48. The highest BCUT2D eigenvalue weighted by Crippen LogP contribution is 2.27. The van der Waals surface area contributed by atoms with E-state index < -0.39 is 0 Å². The maximum absolute atomic E-state index is 12.4. The SMILES string of the molecule is C=CCn1c(SCC(=O)Nc2ccccc2OC)nnc1-c1cccc(Cl)c1. The van der Waals surface area contributed by atoms with Gasteiger partial charge in [-0.25, -0.2) is 0 Å². The topological polar surface area (TPSA) is 69.0 Å². The molecule has 0 atom stereocenters. The lowest BCUT2D eigenvalue weighted by molar-refractivity contribution is -0.113. The number of carbonyl (C=O) groups is 1. The number of rotatable bonds is 8. The molecule has 0 aliphatic heterocycles. The lowest BCUT2D eigenvalue weighted by Crippen LogP contribution is -2.15. The Labute approximate surface area is 172 Å². The Morgan fingerprint density at radius 2 is 2.11 bits per heavy atom. The standard InChI is InChI=1S/C20H19ClN4O2S/c1-3-11-25-19(14-7-6-8-15(21)12-14)23-24-20(25)28-13-18(26)22-16-9-4-5-10-17(16)27-2/h3-10,12H,1,11,13H2,2H3,(H,22,26). The maximum Gasteiger partial charge on any atom is 0.234 e. The van der Waals surface area contributed by atoms with Gasteiger partial charge in [0.15, 0.2) is 11.0 Å². The predicted molar refractivity (Wildman–Crippen MR) is 113 cm³/mol. The van der Waals surface area contributed by atoms with Crippen molar-refractivity contribution in [1.82, 2.24) is 14.8 Å². The van der Waals surface area contributed by atoms with E-state index in [9.17, 15) is 4.79 Å². The van der Waals surface area contributed by atoms with Gasteiger partial charge in [0.1, 0.15) is 5.75 Å². The molecular formula is C20H19ClN4O2S. The number of aromatic nitrogens is 3. The van der Waals surface area contributed by atoms with E-state index in [0.717, 1.165) is 5.56 Å². The molecule has 3 rings (SSSR count). The van der Waals surface area contributed by atoms with Gasteiger partial charge in [0.05, 0.1) is 18.6 Å². The van der Waals surface area contributed by atoms with Crippen molar-refractivity contribution in [2.24, 2.45) is 0 Å². The second-order valence-electron chi connectivity index (χ2n) is 5.75. The third-order valence-corrected chi connectivity index (χ3v) is 5.03. The molecule has 1 aromatic heterocycles. The molecule has 0 bridgehead atoms. The van der Waals surface area contributed by atoms with Crippen molar-refractivity contribution < 1.29 is 9.53 Å². The number of para-hydroxylation sites is 2. The molecule has 1 amide bonds. The summed E-state index contributed by atoms with van der Waals surface area (Å²) in [5, 5.41) is 12.6. The molecule has 3 aromatic rings. The molecule has 0 saturated heterocycles. The van der Waals surface area contributed by atoms with Gasteiger partial charge in [-0.1, -0.05) is 53.7 Å². The molecule has 0 fully saturated rings. The van der Waals surface area contributed by atoms with E-state index >= 15 is 0 Å². The molecule has 2 aromatic carbocycles. The molecule has 0 spiro atoms. The summed E-state index contributed by atoms with van der Waals surface area (Å²) in [6.07, 6.45) is 1.76. The number of halogens is 1. The van der Waals surface area contributed by atoms with Crippen molar-refractivity contribution in [3.8, 4) is 17.1 Å². The van der Waals surface area contributed by atoms with E-state index in [1.165, 1.54) is 11.8 Å². The highest BCUT2D eigenvalue weighted by atomic mass is 35.5. The van der Waals surface area contributed by atoms with Gasteiger partial charge in [-0.3, -0.25) is 9.36 Å². The molecule has 144 valence electrons. The summed E-state index contributed by atoms with van der Waals surface area (Å²) in [6, 6.07) is 14.7. The number of nitrogens with zero attached hydrogens (tertiary/aromatic N) is 3. The van der Waals surface area contributed by atoms with Crippen LogP contribution in [0, 0.1) is 0 Å². The van der Waals surface area contributed by atoms with Gasteiger partial charge in [0.2, 0.25) is 5.91 Å². The largest absolute Gasteiger partial charge is 0.495 e. The Morgan fingerprint density at radius 1 is 1.29 bits per heavy atom. The van der Waals surface area contributed by atoms with Crippen LogP contribution in [0.4, 0.5) is 5.69 Å². The highest BCUT2D eigenvalue weighted by molar-refractivity contribution is 7.99. The number of allylic oxidation sites excluding steroid dienone is 1. The number of methoxy groups -OCH3 is 1. The lowest BCUT2D eigenvalue weighted by Gasteiger charge is -2.10. The summed E-state index contributed by atoms with van der Waals surface area (Å²) < 4.78 is 7.15.